The second kappa shape index (κ2) is 5.72. The highest BCUT2D eigenvalue weighted by atomic mass is 19.4. The van der Waals surface area contributed by atoms with Crippen LogP contribution in [-0.2, 0) is 0 Å². The van der Waals surface area contributed by atoms with Gasteiger partial charge in [0.1, 0.15) is 11.6 Å². The number of ether oxygens (including phenoxy) is 1. The highest BCUT2D eigenvalue weighted by molar-refractivity contribution is 5.38. The minimum absolute atomic E-state index is 0.113. The van der Waals surface area contributed by atoms with Crippen molar-refractivity contribution in [3.05, 3.63) is 18.3 Å². The number of pyridine rings is 1. The number of alkyl halides is 3. The number of aromatic nitrogens is 1. The minimum Gasteiger partial charge on any atom is -0.404 e. The SMILES string of the molecule is CC(CCN)Nc1ccc(OC(F)(F)F)cn1. The van der Waals surface area contributed by atoms with E-state index in [9.17, 15) is 13.2 Å². The predicted octanol–water partition coefficient (Wildman–Crippen LogP) is 2.13. The summed E-state index contributed by atoms with van der Waals surface area (Å²) >= 11 is 0. The van der Waals surface area contributed by atoms with Crippen LogP contribution in [0.2, 0.25) is 0 Å². The molecule has 4 nitrogen and oxygen atoms in total. The Hall–Kier alpha value is -1.50. The summed E-state index contributed by atoms with van der Waals surface area (Å²) in [4.78, 5) is 3.81. The lowest BCUT2D eigenvalue weighted by atomic mass is 10.2. The van der Waals surface area contributed by atoms with E-state index in [0.717, 1.165) is 12.6 Å². The van der Waals surface area contributed by atoms with Gasteiger partial charge in [0.15, 0.2) is 0 Å². The number of hydrogen-bond donors (Lipinski definition) is 2. The Bertz CT molecular complexity index is 340. The second-order valence-electron chi connectivity index (χ2n) is 3.55. The third-order valence-corrected chi connectivity index (χ3v) is 1.96. The predicted molar refractivity (Wildman–Crippen MR) is 57.7 cm³/mol. The molecule has 0 aliphatic rings. The van der Waals surface area contributed by atoms with Gasteiger partial charge in [0.05, 0.1) is 6.20 Å². The van der Waals surface area contributed by atoms with Gasteiger partial charge in [-0.1, -0.05) is 0 Å². The van der Waals surface area contributed by atoms with Crippen molar-refractivity contribution in [3.63, 3.8) is 0 Å². The van der Waals surface area contributed by atoms with Crippen molar-refractivity contribution in [2.75, 3.05) is 11.9 Å². The normalized spacial score (nSPS) is 13.2. The molecule has 96 valence electrons. The average molecular weight is 249 g/mol. The van der Waals surface area contributed by atoms with Crippen molar-refractivity contribution in [2.45, 2.75) is 25.7 Å². The Morgan fingerprint density at radius 2 is 2.18 bits per heavy atom. The van der Waals surface area contributed by atoms with E-state index in [4.69, 9.17) is 5.73 Å². The summed E-state index contributed by atoms with van der Waals surface area (Å²) in [6.45, 7) is 2.44. The highest BCUT2D eigenvalue weighted by Crippen LogP contribution is 2.22. The zero-order valence-corrected chi connectivity index (χ0v) is 9.29. The summed E-state index contributed by atoms with van der Waals surface area (Å²) < 4.78 is 39.3. The van der Waals surface area contributed by atoms with Crippen molar-refractivity contribution >= 4 is 5.82 Å². The van der Waals surface area contributed by atoms with Crippen LogP contribution in [0.4, 0.5) is 19.0 Å². The summed E-state index contributed by atoms with van der Waals surface area (Å²) in [5.41, 5.74) is 5.37. The van der Waals surface area contributed by atoms with E-state index in [2.05, 4.69) is 15.0 Å². The number of halogens is 3. The maximum atomic E-state index is 11.9. The Morgan fingerprint density at radius 1 is 1.47 bits per heavy atom. The standard InChI is InChI=1S/C10H14F3N3O/c1-7(4-5-14)16-9-3-2-8(6-15-9)17-10(11,12)13/h2-3,6-7H,4-5,14H2,1H3,(H,15,16). The van der Waals surface area contributed by atoms with Crippen LogP contribution in [-0.4, -0.2) is 23.9 Å². The molecule has 0 amide bonds. The highest BCUT2D eigenvalue weighted by Gasteiger charge is 2.31. The van der Waals surface area contributed by atoms with Crippen LogP contribution in [0, 0.1) is 0 Å². The largest absolute Gasteiger partial charge is 0.573 e. The fourth-order valence-electron chi connectivity index (χ4n) is 1.23. The molecule has 0 saturated heterocycles. The van der Waals surface area contributed by atoms with Crippen molar-refractivity contribution in [1.82, 2.24) is 4.98 Å². The van der Waals surface area contributed by atoms with Gasteiger partial charge in [-0.25, -0.2) is 4.98 Å². The van der Waals surface area contributed by atoms with E-state index in [1.165, 1.54) is 12.1 Å². The maximum Gasteiger partial charge on any atom is 0.573 e. The smallest absolute Gasteiger partial charge is 0.404 e. The van der Waals surface area contributed by atoms with Gasteiger partial charge in [0, 0.05) is 6.04 Å². The van der Waals surface area contributed by atoms with Crippen LogP contribution in [0.15, 0.2) is 18.3 Å². The van der Waals surface area contributed by atoms with Crippen LogP contribution in [0.1, 0.15) is 13.3 Å². The van der Waals surface area contributed by atoms with Crippen LogP contribution in [0.5, 0.6) is 5.75 Å². The molecule has 0 aliphatic heterocycles. The van der Waals surface area contributed by atoms with Gasteiger partial charge in [-0.3, -0.25) is 0 Å². The van der Waals surface area contributed by atoms with Gasteiger partial charge >= 0.3 is 6.36 Å². The van der Waals surface area contributed by atoms with Crippen molar-refractivity contribution in [1.29, 1.82) is 0 Å². The Kier molecular flexibility index (Phi) is 4.56. The molecule has 1 aromatic rings. The van der Waals surface area contributed by atoms with Crippen molar-refractivity contribution in [3.8, 4) is 5.75 Å². The van der Waals surface area contributed by atoms with Gasteiger partial charge in [-0.05, 0) is 32.0 Å². The molecule has 1 aromatic heterocycles. The number of hydrogen-bond acceptors (Lipinski definition) is 4. The number of nitrogens with two attached hydrogens (primary N) is 1. The molecule has 0 radical (unpaired) electrons. The molecular weight excluding hydrogens is 235 g/mol. The van der Waals surface area contributed by atoms with Crippen molar-refractivity contribution < 1.29 is 17.9 Å². The number of anilines is 1. The monoisotopic (exact) mass is 249 g/mol. The molecule has 17 heavy (non-hydrogen) atoms. The van der Waals surface area contributed by atoms with Gasteiger partial charge in [-0.15, -0.1) is 13.2 Å². The summed E-state index contributed by atoms with van der Waals surface area (Å²) in [5.74, 6) is 0.148. The Labute approximate surface area is 97.0 Å². The van der Waals surface area contributed by atoms with Gasteiger partial charge in [0.2, 0.25) is 0 Å². The van der Waals surface area contributed by atoms with Crippen molar-refractivity contribution in [2.24, 2.45) is 5.73 Å². The van der Waals surface area contributed by atoms with E-state index < -0.39 is 6.36 Å². The molecule has 1 heterocycles. The summed E-state index contributed by atoms with van der Waals surface area (Å²) in [6.07, 6.45) is -2.92. The first-order valence-electron chi connectivity index (χ1n) is 5.09. The maximum absolute atomic E-state index is 11.9. The van der Waals surface area contributed by atoms with E-state index in [1.807, 2.05) is 6.92 Å². The van der Waals surface area contributed by atoms with Crippen LogP contribution in [0.25, 0.3) is 0 Å². The minimum atomic E-state index is -4.69. The van der Waals surface area contributed by atoms with E-state index in [1.54, 1.807) is 0 Å². The molecule has 0 aliphatic carbocycles. The molecule has 0 spiro atoms. The lowest BCUT2D eigenvalue weighted by Crippen LogP contribution is -2.20. The Morgan fingerprint density at radius 3 is 2.65 bits per heavy atom. The van der Waals surface area contributed by atoms with Crippen LogP contribution >= 0.6 is 0 Å². The number of rotatable bonds is 5. The van der Waals surface area contributed by atoms with Crippen LogP contribution < -0.4 is 15.8 Å². The molecule has 0 bridgehead atoms. The third kappa shape index (κ3) is 5.39. The quantitative estimate of drug-likeness (QED) is 0.839. The van der Waals surface area contributed by atoms with Gasteiger partial charge < -0.3 is 15.8 Å². The van der Waals surface area contributed by atoms with Gasteiger partial charge in [-0.2, -0.15) is 0 Å². The van der Waals surface area contributed by atoms with E-state index in [-0.39, 0.29) is 11.8 Å². The average Bonchev–Trinajstić information content (AvgIpc) is 2.19. The van der Waals surface area contributed by atoms with Crippen LogP contribution in [0.3, 0.4) is 0 Å². The molecule has 1 rings (SSSR count). The zero-order valence-electron chi connectivity index (χ0n) is 9.29. The first-order chi connectivity index (χ1) is 7.90. The van der Waals surface area contributed by atoms with E-state index in [0.29, 0.717) is 12.4 Å². The fourth-order valence-corrected chi connectivity index (χ4v) is 1.23. The fraction of sp³-hybridized carbons (Fsp3) is 0.500. The summed E-state index contributed by atoms with van der Waals surface area (Å²) in [6, 6.07) is 2.74. The number of nitrogens with zero attached hydrogens (tertiary/aromatic N) is 1. The first-order valence-corrected chi connectivity index (χ1v) is 5.09. The molecule has 1 atom stereocenters. The Balaban J connectivity index is 2.56. The molecule has 0 aromatic carbocycles. The van der Waals surface area contributed by atoms with Gasteiger partial charge in [0.25, 0.3) is 0 Å². The second-order valence-corrected chi connectivity index (χ2v) is 3.55. The molecular formula is C10H14F3N3O. The summed E-state index contributed by atoms with van der Waals surface area (Å²) in [7, 11) is 0. The molecule has 0 saturated carbocycles. The molecule has 3 N–H and O–H groups in total. The topological polar surface area (TPSA) is 60.2 Å². The van der Waals surface area contributed by atoms with E-state index >= 15 is 0 Å². The first kappa shape index (κ1) is 13.6. The molecule has 7 heteroatoms. The zero-order chi connectivity index (χ0) is 12.9. The third-order valence-electron chi connectivity index (χ3n) is 1.96. The molecule has 0 fully saturated rings. The number of nitrogens with one attached hydrogen (secondary N) is 1. The summed E-state index contributed by atoms with van der Waals surface area (Å²) in [5, 5.41) is 3.00. The lowest BCUT2D eigenvalue weighted by Gasteiger charge is -2.14. The lowest BCUT2D eigenvalue weighted by molar-refractivity contribution is -0.274. The molecule has 1 unspecified atom stereocenters.